The summed E-state index contributed by atoms with van der Waals surface area (Å²) in [6.07, 6.45) is 11.1. The molecule has 4 heterocycles. The molecule has 2 aromatic heterocycles. The molecule has 0 saturated carbocycles. The highest BCUT2D eigenvalue weighted by atomic mass is 15.2. The number of likely N-dealkylation sites (tertiary alicyclic amines) is 2. The third-order valence-electron chi connectivity index (χ3n) is 6.17. The van der Waals surface area contributed by atoms with Crippen LogP contribution in [0.2, 0.25) is 0 Å². The van der Waals surface area contributed by atoms with Crippen LogP contribution in [0.25, 0.3) is 0 Å². The summed E-state index contributed by atoms with van der Waals surface area (Å²) in [5.74, 6) is 2.00. The normalized spacial score (nSPS) is 22.9. The number of hydrogen-bond donors (Lipinski definition) is 0. The van der Waals surface area contributed by atoms with Gasteiger partial charge in [0.2, 0.25) is 0 Å². The van der Waals surface area contributed by atoms with Crippen molar-refractivity contribution in [1.82, 2.24) is 24.3 Å². The monoisotopic (exact) mass is 353 g/mol. The lowest BCUT2D eigenvalue weighted by Crippen LogP contribution is -2.32. The van der Waals surface area contributed by atoms with Gasteiger partial charge in [-0.25, -0.2) is 4.98 Å². The van der Waals surface area contributed by atoms with Crippen LogP contribution in [0.15, 0.2) is 30.7 Å². The molecule has 2 aliphatic rings. The van der Waals surface area contributed by atoms with Gasteiger partial charge < -0.3 is 9.47 Å². The van der Waals surface area contributed by atoms with Crippen molar-refractivity contribution in [3.8, 4) is 0 Å². The van der Waals surface area contributed by atoms with E-state index in [1.807, 2.05) is 18.5 Å². The molecule has 5 heteroatoms. The van der Waals surface area contributed by atoms with Gasteiger partial charge in [-0.3, -0.25) is 9.88 Å². The summed E-state index contributed by atoms with van der Waals surface area (Å²) >= 11 is 0. The summed E-state index contributed by atoms with van der Waals surface area (Å²) in [7, 11) is 2.23. The molecule has 0 N–H and O–H groups in total. The van der Waals surface area contributed by atoms with Crippen LogP contribution in [0.4, 0.5) is 0 Å². The molecule has 140 valence electrons. The van der Waals surface area contributed by atoms with Gasteiger partial charge in [-0.15, -0.1) is 0 Å². The van der Waals surface area contributed by atoms with Gasteiger partial charge in [0.05, 0.1) is 18.3 Å². The quantitative estimate of drug-likeness (QED) is 0.827. The summed E-state index contributed by atoms with van der Waals surface area (Å²) < 4.78 is 2.40. The van der Waals surface area contributed by atoms with Crippen molar-refractivity contribution in [2.45, 2.75) is 51.7 Å². The average molecular weight is 354 g/mol. The number of pyridine rings is 1. The molecule has 1 unspecified atom stereocenters. The Kier molecular flexibility index (Phi) is 5.36. The van der Waals surface area contributed by atoms with Gasteiger partial charge >= 0.3 is 0 Å². The van der Waals surface area contributed by atoms with E-state index in [2.05, 4.69) is 45.6 Å². The second-order valence-corrected chi connectivity index (χ2v) is 8.08. The van der Waals surface area contributed by atoms with Crippen molar-refractivity contribution in [2.75, 3.05) is 26.7 Å². The highest BCUT2D eigenvalue weighted by Crippen LogP contribution is 2.33. The Morgan fingerprint density at radius 3 is 2.73 bits per heavy atom. The molecule has 0 amide bonds. The van der Waals surface area contributed by atoms with E-state index in [0.29, 0.717) is 6.04 Å². The molecule has 26 heavy (non-hydrogen) atoms. The fraction of sp³-hybridized carbons (Fsp3) is 0.619. The Labute approximate surface area is 157 Å². The summed E-state index contributed by atoms with van der Waals surface area (Å²) in [6.45, 7) is 7.82. The molecule has 1 atom stereocenters. The van der Waals surface area contributed by atoms with Gasteiger partial charge in [0.25, 0.3) is 0 Å². The second-order valence-electron chi connectivity index (χ2n) is 8.08. The van der Waals surface area contributed by atoms with Gasteiger partial charge in [-0.1, -0.05) is 6.07 Å². The van der Waals surface area contributed by atoms with Crippen molar-refractivity contribution in [3.05, 3.63) is 47.8 Å². The van der Waals surface area contributed by atoms with Crippen LogP contribution < -0.4 is 0 Å². The van der Waals surface area contributed by atoms with E-state index in [1.54, 1.807) is 0 Å². The number of piperidine rings is 1. The number of rotatable bonds is 5. The van der Waals surface area contributed by atoms with Crippen LogP contribution in [0.1, 0.15) is 48.8 Å². The standard InChI is InChI=1S/C21H31N5/c1-17-5-3-9-23-21(17)19-6-4-11-25(19)16-20-22-10-14-26(20)15-18-7-12-24(2)13-8-18/h3,5,9-10,14,18-19H,4,6-8,11-13,15-16H2,1-2H3. The summed E-state index contributed by atoms with van der Waals surface area (Å²) in [5, 5.41) is 0. The lowest BCUT2D eigenvalue weighted by molar-refractivity contribution is 0.198. The highest BCUT2D eigenvalue weighted by molar-refractivity contribution is 5.22. The number of hydrogen-bond acceptors (Lipinski definition) is 4. The summed E-state index contributed by atoms with van der Waals surface area (Å²) in [6, 6.07) is 4.65. The smallest absolute Gasteiger partial charge is 0.122 e. The first kappa shape index (κ1) is 17.7. The molecule has 0 spiro atoms. The first-order chi connectivity index (χ1) is 12.7. The predicted octanol–water partition coefficient (Wildman–Crippen LogP) is 3.27. The Morgan fingerprint density at radius 1 is 1.08 bits per heavy atom. The first-order valence-corrected chi connectivity index (χ1v) is 10.0. The SMILES string of the molecule is Cc1cccnc1C1CCCN1Cc1nccn1CC1CCN(C)CC1. The summed E-state index contributed by atoms with van der Waals surface area (Å²) in [4.78, 5) is 14.4. The zero-order valence-electron chi connectivity index (χ0n) is 16.1. The molecular weight excluding hydrogens is 322 g/mol. The van der Waals surface area contributed by atoms with Crippen LogP contribution in [0.5, 0.6) is 0 Å². The molecule has 0 aromatic carbocycles. The minimum atomic E-state index is 0.435. The molecule has 2 aliphatic heterocycles. The molecule has 5 nitrogen and oxygen atoms in total. The fourth-order valence-electron chi connectivity index (χ4n) is 4.53. The number of imidazole rings is 1. The van der Waals surface area contributed by atoms with Crippen molar-refractivity contribution < 1.29 is 0 Å². The molecule has 2 saturated heterocycles. The third-order valence-corrected chi connectivity index (χ3v) is 6.17. The van der Waals surface area contributed by atoms with Gasteiger partial charge in [-0.2, -0.15) is 0 Å². The molecule has 4 rings (SSSR count). The lowest BCUT2D eigenvalue weighted by atomic mass is 9.97. The van der Waals surface area contributed by atoms with E-state index in [1.165, 1.54) is 55.9 Å². The predicted molar refractivity (Wildman–Crippen MR) is 104 cm³/mol. The molecule has 0 aliphatic carbocycles. The molecular formula is C21H31N5. The third kappa shape index (κ3) is 3.84. The zero-order valence-corrected chi connectivity index (χ0v) is 16.1. The van der Waals surface area contributed by atoms with E-state index >= 15 is 0 Å². The largest absolute Gasteiger partial charge is 0.334 e. The van der Waals surface area contributed by atoms with E-state index in [0.717, 1.165) is 25.6 Å². The van der Waals surface area contributed by atoms with Crippen LogP contribution >= 0.6 is 0 Å². The van der Waals surface area contributed by atoms with Crippen LogP contribution in [-0.2, 0) is 13.1 Å². The van der Waals surface area contributed by atoms with Gasteiger partial charge in [0.15, 0.2) is 0 Å². The minimum absolute atomic E-state index is 0.435. The first-order valence-electron chi connectivity index (χ1n) is 10.0. The molecule has 2 aromatic rings. The lowest BCUT2D eigenvalue weighted by Gasteiger charge is -2.30. The maximum atomic E-state index is 4.70. The van der Waals surface area contributed by atoms with Crippen LogP contribution in [0, 0.1) is 12.8 Å². The van der Waals surface area contributed by atoms with Gasteiger partial charge in [-0.05, 0) is 76.8 Å². The molecule has 0 radical (unpaired) electrons. The van der Waals surface area contributed by atoms with E-state index < -0.39 is 0 Å². The topological polar surface area (TPSA) is 37.2 Å². The fourth-order valence-corrected chi connectivity index (χ4v) is 4.53. The number of nitrogens with zero attached hydrogens (tertiary/aromatic N) is 5. The van der Waals surface area contributed by atoms with Crippen LogP contribution in [-0.4, -0.2) is 51.0 Å². The highest BCUT2D eigenvalue weighted by Gasteiger charge is 2.29. The van der Waals surface area contributed by atoms with E-state index in [9.17, 15) is 0 Å². The van der Waals surface area contributed by atoms with Crippen molar-refractivity contribution in [2.24, 2.45) is 5.92 Å². The number of aromatic nitrogens is 3. The van der Waals surface area contributed by atoms with Crippen LogP contribution in [0.3, 0.4) is 0 Å². The maximum Gasteiger partial charge on any atom is 0.122 e. The minimum Gasteiger partial charge on any atom is -0.334 e. The van der Waals surface area contributed by atoms with Gasteiger partial charge in [0, 0.05) is 25.1 Å². The summed E-state index contributed by atoms with van der Waals surface area (Å²) in [5.41, 5.74) is 2.55. The zero-order chi connectivity index (χ0) is 17.9. The molecule has 0 bridgehead atoms. The Morgan fingerprint density at radius 2 is 1.92 bits per heavy atom. The number of aryl methyl sites for hydroxylation is 1. The van der Waals surface area contributed by atoms with Crippen molar-refractivity contribution >= 4 is 0 Å². The van der Waals surface area contributed by atoms with E-state index in [4.69, 9.17) is 4.98 Å². The van der Waals surface area contributed by atoms with E-state index in [-0.39, 0.29) is 0 Å². The maximum absolute atomic E-state index is 4.70. The Balaban J connectivity index is 1.44. The molecule has 2 fully saturated rings. The van der Waals surface area contributed by atoms with Crippen molar-refractivity contribution in [3.63, 3.8) is 0 Å². The van der Waals surface area contributed by atoms with Gasteiger partial charge in [0.1, 0.15) is 5.82 Å². The second kappa shape index (κ2) is 7.89. The Bertz CT molecular complexity index is 717. The Hall–Kier alpha value is -1.72. The van der Waals surface area contributed by atoms with Crippen molar-refractivity contribution in [1.29, 1.82) is 0 Å². The average Bonchev–Trinajstić information content (AvgIpc) is 3.28.